The first-order chi connectivity index (χ1) is 14.1. The van der Waals surface area contributed by atoms with Gasteiger partial charge in [0.15, 0.2) is 0 Å². The van der Waals surface area contributed by atoms with Crippen LogP contribution < -0.4 is 16.0 Å². The van der Waals surface area contributed by atoms with E-state index >= 15 is 0 Å². The summed E-state index contributed by atoms with van der Waals surface area (Å²) in [4.78, 5) is 36.0. The van der Waals surface area contributed by atoms with Gasteiger partial charge in [0, 0.05) is 12.7 Å². The van der Waals surface area contributed by atoms with Crippen molar-refractivity contribution in [3.05, 3.63) is 53.1 Å². The van der Waals surface area contributed by atoms with E-state index in [2.05, 4.69) is 16.0 Å². The van der Waals surface area contributed by atoms with E-state index < -0.39 is 34.3 Å². The molecule has 0 radical (unpaired) electrons. The van der Waals surface area contributed by atoms with Crippen molar-refractivity contribution in [3.63, 3.8) is 0 Å². The number of amides is 3. The summed E-state index contributed by atoms with van der Waals surface area (Å²) in [5, 5.41) is 7.64. The van der Waals surface area contributed by atoms with Crippen LogP contribution in [-0.4, -0.2) is 50.6 Å². The first-order valence-corrected chi connectivity index (χ1v) is 10.6. The Morgan fingerprint density at radius 2 is 1.87 bits per heavy atom. The number of aryl methyl sites for hydroxylation is 2. The number of likely N-dealkylation sites (N-methyl/N-ethyl adjacent to an activating group) is 1. The molecule has 2 aromatic carbocycles. The maximum absolute atomic E-state index is 12.9. The second kappa shape index (κ2) is 8.25. The number of hydrogen-bond donors (Lipinski definition) is 3. The zero-order valence-corrected chi connectivity index (χ0v) is 17.6. The van der Waals surface area contributed by atoms with Gasteiger partial charge in [-0.2, -0.15) is 4.31 Å². The van der Waals surface area contributed by atoms with Gasteiger partial charge in [0.25, 0.3) is 5.91 Å². The van der Waals surface area contributed by atoms with Gasteiger partial charge in [0.1, 0.15) is 0 Å². The molecule has 1 aliphatic heterocycles. The summed E-state index contributed by atoms with van der Waals surface area (Å²) in [5.41, 5.74) is 2.79. The van der Waals surface area contributed by atoms with Crippen LogP contribution in [0, 0.1) is 13.8 Å². The molecule has 0 aliphatic carbocycles. The van der Waals surface area contributed by atoms with E-state index in [0.717, 1.165) is 15.4 Å². The molecule has 158 valence electrons. The van der Waals surface area contributed by atoms with Gasteiger partial charge >= 0.3 is 0 Å². The molecule has 0 saturated carbocycles. The largest absolute Gasteiger partial charge is 0.343 e. The van der Waals surface area contributed by atoms with Crippen molar-refractivity contribution in [2.24, 2.45) is 0 Å². The Morgan fingerprint density at radius 3 is 2.57 bits per heavy atom. The molecule has 3 rings (SSSR count). The van der Waals surface area contributed by atoms with Crippen molar-refractivity contribution in [1.82, 2.24) is 9.62 Å². The van der Waals surface area contributed by atoms with Crippen LogP contribution in [-0.2, 0) is 19.6 Å². The van der Waals surface area contributed by atoms with Gasteiger partial charge in [0.2, 0.25) is 21.8 Å². The molecule has 0 saturated heterocycles. The summed E-state index contributed by atoms with van der Waals surface area (Å²) < 4.78 is 26.7. The number of nitrogens with one attached hydrogen (secondary N) is 3. The van der Waals surface area contributed by atoms with Gasteiger partial charge in [0.05, 0.1) is 29.2 Å². The number of fused-ring (bicyclic) bond motifs is 1. The number of nitrogens with zero attached hydrogens (tertiary/aromatic N) is 1. The highest BCUT2D eigenvalue weighted by molar-refractivity contribution is 7.89. The van der Waals surface area contributed by atoms with Crippen molar-refractivity contribution >= 4 is 39.1 Å². The minimum absolute atomic E-state index is 0.0371. The molecule has 0 bridgehead atoms. The fourth-order valence-electron chi connectivity index (χ4n) is 3.04. The number of anilines is 2. The minimum Gasteiger partial charge on any atom is -0.343 e. The molecule has 1 aliphatic rings. The Kier molecular flexibility index (Phi) is 5.90. The number of carbonyl (C=O) groups excluding carboxylic acids is 3. The molecular weight excluding hydrogens is 408 g/mol. The molecule has 30 heavy (non-hydrogen) atoms. The quantitative estimate of drug-likeness (QED) is 0.658. The lowest BCUT2D eigenvalue weighted by Gasteiger charge is -2.18. The Labute approximate surface area is 174 Å². The summed E-state index contributed by atoms with van der Waals surface area (Å²) in [6.45, 7) is 3.18. The van der Waals surface area contributed by atoms with Crippen LogP contribution >= 0.6 is 0 Å². The van der Waals surface area contributed by atoms with Crippen LogP contribution in [0.15, 0.2) is 41.3 Å². The normalized spacial score (nSPS) is 13.9. The maximum atomic E-state index is 12.9. The molecular formula is C20H22N4O5S. The Morgan fingerprint density at radius 1 is 1.13 bits per heavy atom. The van der Waals surface area contributed by atoms with Gasteiger partial charge in [-0.1, -0.05) is 17.7 Å². The molecule has 1 heterocycles. The van der Waals surface area contributed by atoms with Gasteiger partial charge < -0.3 is 16.0 Å². The van der Waals surface area contributed by atoms with E-state index in [-0.39, 0.29) is 22.7 Å². The van der Waals surface area contributed by atoms with E-state index in [0.29, 0.717) is 5.69 Å². The minimum atomic E-state index is -4.05. The molecule has 10 heteroatoms. The van der Waals surface area contributed by atoms with E-state index in [1.165, 1.54) is 25.2 Å². The van der Waals surface area contributed by atoms with Crippen molar-refractivity contribution in [2.75, 3.05) is 30.8 Å². The van der Waals surface area contributed by atoms with E-state index in [1.54, 1.807) is 6.07 Å². The SMILES string of the molecule is Cc1ccc(NC(=O)CN(C)S(=O)(=O)c2ccc3c(c2)C(=O)NCC(=O)N3)c(C)c1. The molecule has 0 fully saturated rings. The van der Waals surface area contributed by atoms with E-state index in [9.17, 15) is 22.8 Å². The molecule has 9 nitrogen and oxygen atoms in total. The van der Waals surface area contributed by atoms with Crippen molar-refractivity contribution < 1.29 is 22.8 Å². The number of rotatable bonds is 5. The van der Waals surface area contributed by atoms with Crippen molar-refractivity contribution in [3.8, 4) is 0 Å². The highest BCUT2D eigenvalue weighted by atomic mass is 32.2. The highest BCUT2D eigenvalue weighted by Gasteiger charge is 2.27. The third-order valence-corrected chi connectivity index (χ3v) is 6.45. The number of sulfonamides is 1. The lowest BCUT2D eigenvalue weighted by Crippen LogP contribution is -2.35. The fraction of sp³-hybridized carbons (Fsp3) is 0.250. The number of hydrogen-bond acceptors (Lipinski definition) is 5. The van der Waals surface area contributed by atoms with Gasteiger partial charge in [-0.05, 0) is 43.7 Å². The molecule has 0 atom stereocenters. The fourth-order valence-corrected chi connectivity index (χ4v) is 4.20. The van der Waals surface area contributed by atoms with Gasteiger partial charge in [-0.3, -0.25) is 14.4 Å². The molecule has 3 N–H and O–H groups in total. The van der Waals surface area contributed by atoms with Gasteiger partial charge in [-0.15, -0.1) is 0 Å². The van der Waals surface area contributed by atoms with E-state index in [4.69, 9.17) is 0 Å². The van der Waals surface area contributed by atoms with Crippen LogP contribution in [0.5, 0.6) is 0 Å². The molecule has 0 unspecified atom stereocenters. The smallest absolute Gasteiger partial charge is 0.253 e. The molecule has 0 aromatic heterocycles. The molecule has 2 aromatic rings. The van der Waals surface area contributed by atoms with Crippen molar-refractivity contribution in [1.29, 1.82) is 0 Å². The number of carbonyl (C=O) groups is 3. The number of benzene rings is 2. The second-order valence-electron chi connectivity index (χ2n) is 7.07. The predicted octanol–water partition coefficient (Wildman–Crippen LogP) is 1.24. The summed E-state index contributed by atoms with van der Waals surface area (Å²) >= 11 is 0. The first kappa shape index (κ1) is 21.5. The summed E-state index contributed by atoms with van der Waals surface area (Å²) in [7, 11) is -2.76. The van der Waals surface area contributed by atoms with Crippen LogP contribution in [0.4, 0.5) is 11.4 Å². The van der Waals surface area contributed by atoms with E-state index in [1.807, 2.05) is 26.0 Å². The summed E-state index contributed by atoms with van der Waals surface area (Å²) in [6.07, 6.45) is 0. The third-order valence-electron chi connectivity index (χ3n) is 4.65. The first-order valence-electron chi connectivity index (χ1n) is 9.13. The lowest BCUT2D eigenvalue weighted by molar-refractivity contribution is -0.116. The monoisotopic (exact) mass is 430 g/mol. The van der Waals surface area contributed by atoms with Crippen LogP contribution in [0.2, 0.25) is 0 Å². The Bertz CT molecular complexity index is 1140. The van der Waals surface area contributed by atoms with Gasteiger partial charge in [-0.25, -0.2) is 8.42 Å². The average Bonchev–Trinajstić information content (AvgIpc) is 2.82. The third kappa shape index (κ3) is 4.50. The summed E-state index contributed by atoms with van der Waals surface area (Å²) in [5.74, 6) is -1.46. The molecule has 0 spiro atoms. The van der Waals surface area contributed by atoms with Crippen LogP contribution in [0.25, 0.3) is 0 Å². The highest BCUT2D eigenvalue weighted by Crippen LogP contribution is 2.24. The Hall–Kier alpha value is -3.24. The topological polar surface area (TPSA) is 125 Å². The van der Waals surface area contributed by atoms with Crippen LogP contribution in [0.1, 0.15) is 21.5 Å². The second-order valence-corrected chi connectivity index (χ2v) is 9.11. The van der Waals surface area contributed by atoms with Crippen LogP contribution in [0.3, 0.4) is 0 Å². The molecule has 3 amide bonds. The predicted molar refractivity (Wildman–Crippen MR) is 112 cm³/mol. The Balaban J connectivity index is 1.78. The van der Waals surface area contributed by atoms with Crippen molar-refractivity contribution in [2.45, 2.75) is 18.7 Å². The average molecular weight is 430 g/mol. The zero-order valence-electron chi connectivity index (χ0n) is 16.8. The standard InChI is InChI=1S/C20H22N4O5S/c1-12-4-6-16(13(2)8-12)22-19(26)11-24(3)30(28,29)14-5-7-17-15(9-14)20(27)21-10-18(25)23-17/h4-9H,10-11H2,1-3H3,(H,21,27)(H,22,26)(H,23,25). The zero-order chi connectivity index (χ0) is 22.1. The lowest BCUT2D eigenvalue weighted by atomic mass is 10.1. The summed E-state index contributed by atoms with van der Waals surface area (Å²) in [6, 6.07) is 9.35. The maximum Gasteiger partial charge on any atom is 0.253 e.